The molecule has 0 bridgehead atoms. The molecule has 0 spiro atoms. The number of piperidine rings is 1. The van der Waals surface area contributed by atoms with E-state index in [1.807, 2.05) is 31.2 Å². The van der Waals surface area contributed by atoms with Crippen molar-refractivity contribution in [3.05, 3.63) is 89.0 Å². The Morgan fingerprint density at radius 3 is 2.46 bits per heavy atom. The van der Waals surface area contributed by atoms with Gasteiger partial charge in [-0.2, -0.15) is 0 Å². The van der Waals surface area contributed by atoms with E-state index in [4.69, 9.17) is 4.74 Å². The predicted molar refractivity (Wildman–Crippen MR) is 148 cm³/mol. The normalized spacial score (nSPS) is 17.2. The molecule has 2 aliphatic heterocycles. The molecule has 3 aromatic rings. The van der Waals surface area contributed by atoms with E-state index >= 15 is 0 Å². The fourth-order valence-corrected chi connectivity index (χ4v) is 6.35. The molecular formula is C30H31N3O5S. The molecule has 8 nitrogen and oxygen atoms in total. The lowest BCUT2D eigenvalue weighted by atomic mass is 10.0. The third-order valence-corrected chi connectivity index (χ3v) is 8.72. The average molecular weight is 546 g/mol. The van der Waals surface area contributed by atoms with Gasteiger partial charge in [0.25, 0.3) is 11.8 Å². The highest BCUT2D eigenvalue weighted by molar-refractivity contribution is 7.85. The van der Waals surface area contributed by atoms with Crippen LogP contribution in [0, 0.1) is 6.92 Å². The van der Waals surface area contributed by atoms with Crippen molar-refractivity contribution in [1.82, 2.24) is 10.2 Å². The molecule has 0 saturated carbocycles. The van der Waals surface area contributed by atoms with Crippen molar-refractivity contribution in [1.29, 1.82) is 0 Å². The molecule has 9 heteroatoms. The van der Waals surface area contributed by atoms with Gasteiger partial charge >= 0.3 is 6.09 Å². The Bertz CT molecular complexity index is 1450. The summed E-state index contributed by atoms with van der Waals surface area (Å²) in [6.07, 6.45) is 0.903. The highest BCUT2D eigenvalue weighted by Crippen LogP contribution is 2.36. The zero-order chi connectivity index (χ0) is 27.5. The van der Waals surface area contributed by atoms with Crippen LogP contribution in [0.25, 0.3) is 0 Å². The minimum atomic E-state index is -1.59. The molecule has 1 N–H and O–H groups in total. The summed E-state index contributed by atoms with van der Waals surface area (Å²) in [5, 5.41) is 3.07. The molecule has 202 valence electrons. The first-order valence-electron chi connectivity index (χ1n) is 13.1. The average Bonchev–Trinajstić information content (AvgIpc) is 3.04. The van der Waals surface area contributed by atoms with Gasteiger partial charge in [0.05, 0.1) is 45.0 Å². The van der Waals surface area contributed by atoms with Gasteiger partial charge in [0.15, 0.2) is 0 Å². The zero-order valence-corrected chi connectivity index (χ0v) is 22.8. The van der Waals surface area contributed by atoms with Gasteiger partial charge in [0, 0.05) is 24.7 Å². The lowest BCUT2D eigenvalue weighted by molar-refractivity contribution is 0.0858. The maximum Gasteiger partial charge on any atom is 0.409 e. The first kappa shape index (κ1) is 26.6. The fourth-order valence-electron chi connectivity index (χ4n) is 5.01. The number of rotatable bonds is 5. The van der Waals surface area contributed by atoms with Crippen molar-refractivity contribution < 1.29 is 23.3 Å². The molecule has 1 fully saturated rings. The number of carbonyl (C=O) groups excluding carboxylic acids is 3. The van der Waals surface area contributed by atoms with Crippen LogP contribution in [0.5, 0.6) is 0 Å². The van der Waals surface area contributed by atoms with Crippen LogP contribution in [-0.4, -0.2) is 52.8 Å². The second-order valence-corrected chi connectivity index (χ2v) is 11.1. The van der Waals surface area contributed by atoms with Crippen LogP contribution in [0.2, 0.25) is 0 Å². The van der Waals surface area contributed by atoms with E-state index in [1.54, 1.807) is 59.2 Å². The van der Waals surface area contributed by atoms with Crippen molar-refractivity contribution in [2.75, 3.05) is 24.6 Å². The van der Waals surface area contributed by atoms with Crippen LogP contribution < -0.4 is 10.2 Å². The minimum Gasteiger partial charge on any atom is -0.450 e. The van der Waals surface area contributed by atoms with Crippen LogP contribution in [0.1, 0.15) is 51.6 Å². The maximum absolute atomic E-state index is 13.8. The number of nitrogens with one attached hydrogen (secondary N) is 1. The van der Waals surface area contributed by atoms with Gasteiger partial charge < -0.3 is 19.9 Å². The lowest BCUT2D eigenvalue weighted by Gasteiger charge is -2.31. The lowest BCUT2D eigenvalue weighted by Crippen LogP contribution is -2.46. The van der Waals surface area contributed by atoms with Gasteiger partial charge in [-0.15, -0.1) is 0 Å². The van der Waals surface area contributed by atoms with Gasteiger partial charge in [-0.3, -0.25) is 9.59 Å². The molecule has 2 heterocycles. The summed E-state index contributed by atoms with van der Waals surface area (Å²) in [4.78, 5) is 43.4. The van der Waals surface area contributed by atoms with E-state index in [9.17, 15) is 18.6 Å². The molecule has 1 saturated heterocycles. The van der Waals surface area contributed by atoms with Gasteiger partial charge in [-0.1, -0.05) is 36.4 Å². The molecule has 0 aromatic heterocycles. The summed E-state index contributed by atoms with van der Waals surface area (Å²) in [6, 6.07) is 19.7. The van der Waals surface area contributed by atoms with Crippen LogP contribution >= 0.6 is 0 Å². The van der Waals surface area contributed by atoms with Gasteiger partial charge in [0.1, 0.15) is 0 Å². The number of hydrogen-bond donors (Lipinski definition) is 1. The Morgan fingerprint density at radius 1 is 1.00 bits per heavy atom. The van der Waals surface area contributed by atoms with Gasteiger partial charge in [-0.05, 0) is 68.1 Å². The summed E-state index contributed by atoms with van der Waals surface area (Å²) in [5.74, 6) is -0.534. The topological polar surface area (TPSA) is 96.0 Å². The molecule has 5 rings (SSSR count). The first-order valence-corrected chi connectivity index (χ1v) is 14.3. The SMILES string of the molecule is CCOC(=O)N1CCC(NC(=O)c2ccc3c(c2)N(Cc2ccccc2C)C(=O)c2ccccc2S3=O)CC1. The Labute approximate surface area is 230 Å². The van der Waals surface area contributed by atoms with E-state index in [0.717, 1.165) is 11.1 Å². The molecule has 1 atom stereocenters. The molecular weight excluding hydrogens is 514 g/mol. The number of nitrogens with zero attached hydrogens (tertiary/aromatic N) is 2. The van der Waals surface area contributed by atoms with Crippen LogP contribution in [0.15, 0.2) is 76.5 Å². The third-order valence-electron chi connectivity index (χ3n) is 7.22. The quantitative estimate of drug-likeness (QED) is 0.503. The predicted octanol–water partition coefficient (Wildman–Crippen LogP) is 4.67. The van der Waals surface area contributed by atoms with Crippen LogP contribution in [0.3, 0.4) is 0 Å². The molecule has 3 amide bonds. The van der Waals surface area contributed by atoms with Gasteiger partial charge in [-0.25, -0.2) is 9.00 Å². The van der Waals surface area contributed by atoms with E-state index < -0.39 is 10.8 Å². The molecule has 0 aliphatic carbocycles. The number of anilines is 1. The van der Waals surface area contributed by atoms with E-state index in [2.05, 4.69) is 5.32 Å². The summed E-state index contributed by atoms with van der Waals surface area (Å²) >= 11 is 0. The van der Waals surface area contributed by atoms with E-state index in [1.165, 1.54) is 0 Å². The summed E-state index contributed by atoms with van der Waals surface area (Å²) in [7, 11) is -1.59. The second-order valence-electron chi connectivity index (χ2n) is 9.70. The highest BCUT2D eigenvalue weighted by atomic mass is 32.2. The summed E-state index contributed by atoms with van der Waals surface area (Å²) in [5.41, 5.74) is 3.23. The zero-order valence-electron chi connectivity index (χ0n) is 22.0. The Balaban J connectivity index is 1.43. The number of ether oxygens (including phenoxy) is 1. The summed E-state index contributed by atoms with van der Waals surface area (Å²) < 4.78 is 18.7. The standard InChI is InChI=1S/C30H31N3O5S/c1-3-38-30(36)32-16-14-23(15-17-32)31-28(34)21-12-13-27-25(18-21)33(19-22-9-5-4-8-20(22)2)29(35)24-10-6-7-11-26(24)39(27)37/h4-13,18,23H,3,14-17,19H2,1-2H3,(H,31,34). The monoisotopic (exact) mass is 545 g/mol. The number of carbonyl (C=O) groups is 3. The molecule has 39 heavy (non-hydrogen) atoms. The Hall–Kier alpha value is -3.98. The molecule has 0 radical (unpaired) electrons. The number of aryl methyl sites for hydroxylation is 1. The maximum atomic E-state index is 13.8. The Morgan fingerprint density at radius 2 is 1.72 bits per heavy atom. The number of benzene rings is 3. The molecule has 1 unspecified atom stereocenters. The smallest absolute Gasteiger partial charge is 0.409 e. The third kappa shape index (κ3) is 5.45. The number of likely N-dealkylation sites (tertiary alicyclic amines) is 1. The largest absolute Gasteiger partial charge is 0.450 e. The molecule has 2 aliphatic rings. The first-order chi connectivity index (χ1) is 18.9. The Kier molecular flexibility index (Phi) is 7.79. The van der Waals surface area contributed by atoms with Gasteiger partial charge in [0.2, 0.25) is 0 Å². The van der Waals surface area contributed by atoms with Crippen LogP contribution in [-0.2, 0) is 22.1 Å². The van der Waals surface area contributed by atoms with Crippen molar-refractivity contribution in [3.8, 4) is 0 Å². The molecule has 3 aromatic carbocycles. The number of amides is 3. The number of hydrogen-bond acceptors (Lipinski definition) is 5. The summed E-state index contributed by atoms with van der Waals surface area (Å²) in [6.45, 7) is 5.37. The number of fused-ring (bicyclic) bond motifs is 2. The highest BCUT2D eigenvalue weighted by Gasteiger charge is 2.32. The van der Waals surface area contributed by atoms with Crippen molar-refractivity contribution in [2.45, 2.75) is 49.1 Å². The minimum absolute atomic E-state index is 0.0925. The van der Waals surface area contributed by atoms with Crippen molar-refractivity contribution >= 4 is 34.4 Å². The fraction of sp³-hybridized carbons (Fsp3) is 0.300. The van der Waals surface area contributed by atoms with E-state index in [0.29, 0.717) is 59.1 Å². The van der Waals surface area contributed by atoms with E-state index in [-0.39, 0.29) is 30.5 Å². The van der Waals surface area contributed by atoms with Crippen LogP contribution in [0.4, 0.5) is 10.5 Å². The van der Waals surface area contributed by atoms with Crippen molar-refractivity contribution in [3.63, 3.8) is 0 Å². The second kappa shape index (κ2) is 11.4. The van der Waals surface area contributed by atoms with Crippen molar-refractivity contribution in [2.24, 2.45) is 0 Å².